The first kappa shape index (κ1) is 16.0. The molecule has 1 N–H and O–H groups in total. The number of hydrogen-bond acceptors (Lipinski definition) is 3. The van der Waals surface area contributed by atoms with Crippen LogP contribution in [0, 0.1) is 5.82 Å². The standard InChI is InChI=1S/C20H13FN2O3/c21-15-9-1-2-10-16(15)22-17(24)11-23-19(25)13-7-3-5-12-6-4-8-14(18(12)13)20(23)26/h1-10H,11H2,(H,22,24). The molecule has 4 rings (SSSR count). The van der Waals surface area contributed by atoms with E-state index < -0.39 is 30.1 Å². The van der Waals surface area contributed by atoms with Gasteiger partial charge in [-0.1, -0.05) is 36.4 Å². The van der Waals surface area contributed by atoms with Crippen LogP contribution < -0.4 is 5.32 Å². The second-order valence-electron chi connectivity index (χ2n) is 5.93. The highest BCUT2D eigenvalue weighted by atomic mass is 19.1. The third kappa shape index (κ3) is 2.52. The van der Waals surface area contributed by atoms with Crippen molar-refractivity contribution >= 4 is 34.2 Å². The molecule has 5 nitrogen and oxygen atoms in total. The van der Waals surface area contributed by atoms with Crippen LogP contribution in [0.15, 0.2) is 60.7 Å². The second-order valence-corrected chi connectivity index (χ2v) is 5.93. The van der Waals surface area contributed by atoms with Crippen molar-refractivity contribution in [2.45, 2.75) is 0 Å². The molecule has 0 radical (unpaired) electrons. The van der Waals surface area contributed by atoms with E-state index in [1.165, 1.54) is 18.2 Å². The number of amides is 3. The predicted octanol–water partition coefficient (Wildman–Crippen LogP) is 3.21. The Morgan fingerprint density at radius 2 is 1.50 bits per heavy atom. The lowest BCUT2D eigenvalue weighted by atomic mass is 9.94. The topological polar surface area (TPSA) is 66.5 Å². The minimum Gasteiger partial charge on any atom is -0.322 e. The Balaban J connectivity index is 1.64. The van der Waals surface area contributed by atoms with Crippen LogP contribution in [0.4, 0.5) is 10.1 Å². The van der Waals surface area contributed by atoms with E-state index in [4.69, 9.17) is 0 Å². The van der Waals surface area contributed by atoms with Crippen LogP contribution >= 0.6 is 0 Å². The van der Waals surface area contributed by atoms with Crippen molar-refractivity contribution in [2.75, 3.05) is 11.9 Å². The van der Waals surface area contributed by atoms with E-state index in [9.17, 15) is 18.8 Å². The van der Waals surface area contributed by atoms with Gasteiger partial charge in [0.25, 0.3) is 11.8 Å². The molecule has 0 unspecified atom stereocenters. The Labute approximate surface area is 148 Å². The summed E-state index contributed by atoms with van der Waals surface area (Å²) in [6, 6.07) is 16.1. The number of benzene rings is 3. The fourth-order valence-corrected chi connectivity index (χ4v) is 3.12. The van der Waals surface area contributed by atoms with Gasteiger partial charge in [-0.3, -0.25) is 19.3 Å². The minimum atomic E-state index is -0.650. The zero-order valence-electron chi connectivity index (χ0n) is 13.5. The van der Waals surface area contributed by atoms with E-state index >= 15 is 0 Å². The van der Waals surface area contributed by atoms with Crippen LogP contribution in [0.2, 0.25) is 0 Å². The summed E-state index contributed by atoms with van der Waals surface area (Å²) in [5.74, 6) is -2.32. The number of rotatable bonds is 3. The fourth-order valence-electron chi connectivity index (χ4n) is 3.12. The lowest BCUT2D eigenvalue weighted by Crippen LogP contribution is -2.44. The molecule has 0 atom stereocenters. The van der Waals surface area contributed by atoms with Gasteiger partial charge in [0.05, 0.1) is 5.69 Å². The molecular weight excluding hydrogens is 335 g/mol. The highest BCUT2D eigenvalue weighted by molar-refractivity contribution is 6.26. The normalized spacial score (nSPS) is 13.2. The Morgan fingerprint density at radius 1 is 0.885 bits per heavy atom. The average molecular weight is 348 g/mol. The van der Waals surface area contributed by atoms with Crippen molar-refractivity contribution in [2.24, 2.45) is 0 Å². The van der Waals surface area contributed by atoms with Gasteiger partial charge >= 0.3 is 0 Å². The number of carbonyl (C=O) groups excluding carboxylic acids is 3. The second kappa shape index (κ2) is 6.07. The summed E-state index contributed by atoms with van der Waals surface area (Å²) in [6.45, 7) is -0.489. The first-order valence-corrected chi connectivity index (χ1v) is 7.98. The van der Waals surface area contributed by atoms with Crippen molar-refractivity contribution in [3.8, 4) is 0 Å². The van der Waals surface area contributed by atoms with E-state index in [1.807, 2.05) is 12.1 Å². The number of para-hydroxylation sites is 1. The third-order valence-corrected chi connectivity index (χ3v) is 4.31. The largest absolute Gasteiger partial charge is 0.322 e. The van der Waals surface area contributed by atoms with Gasteiger partial charge in [-0.2, -0.15) is 0 Å². The lowest BCUT2D eigenvalue weighted by molar-refractivity contribution is -0.116. The van der Waals surface area contributed by atoms with Crippen LogP contribution in [0.25, 0.3) is 10.8 Å². The van der Waals surface area contributed by atoms with Crippen molar-refractivity contribution in [1.29, 1.82) is 0 Å². The molecule has 0 aliphatic carbocycles. The summed E-state index contributed by atoms with van der Waals surface area (Å²) in [5, 5.41) is 3.77. The number of anilines is 1. The van der Waals surface area contributed by atoms with Crippen molar-refractivity contribution in [3.63, 3.8) is 0 Å². The Morgan fingerprint density at radius 3 is 2.12 bits per heavy atom. The molecule has 1 aliphatic rings. The zero-order chi connectivity index (χ0) is 18.3. The number of nitrogens with one attached hydrogen (secondary N) is 1. The van der Waals surface area contributed by atoms with E-state index in [1.54, 1.807) is 30.3 Å². The van der Waals surface area contributed by atoms with Gasteiger partial charge < -0.3 is 5.32 Å². The molecule has 0 saturated heterocycles. The predicted molar refractivity (Wildman–Crippen MR) is 94.3 cm³/mol. The molecule has 0 bridgehead atoms. The molecule has 3 aromatic rings. The Hall–Kier alpha value is -3.54. The molecule has 26 heavy (non-hydrogen) atoms. The maximum atomic E-state index is 13.7. The quantitative estimate of drug-likeness (QED) is 0.739. The third-order valence-electron chi connectivity index (χ3n) is 4.31. The van der Waals surface area contributed by atoms with Crippen LogP contribution in [0.3, 0.4) is 0 Å². The van der Waals surface area contributed by atoms with E-state index in [-0.39, 0.29) is 5.69 Å². The first-order valence-electron chi connectivity index (χ1n) is 7.98. The summed E-state index contributed by atoms with van der Waals surface area (Å²) >= 11 is 0. The SMILES string of the molecule is O=C(CN1C(=O)c2cccc3cccc(c23)C1=O)Nc1ccccc1F. The number of nitrogens with zero attached hydrogens (tertiary/aromatic N) is 1. The molecule has 0 spiro atoms. The van der Waals surface area contributed by atoms with Gasteiger partial charge in [0.2, 0.25) is 5.91 Å². The van der Waals surface area contributed by atoms with Crippen LogP contribution in [0.5, 0.6) is 0 Å². The molecular formula is C20H13FN2O3. The molecule has 128 valence electrons. The smallest absolute Gasteiger partial charge is 0.261 e. The molecule has 3 amide bonds. The molecule has 6 heteroatoms. The first-order chi connectivity index (χ1) is 12.6. The molecule has 1 aliphatic heterocycles. The summed E-state index contributed by atoms with van der Waals surface area (Å²) in [4.78, 5) is 38.6. The number of imide groups is 1. The highest BCUT2D eigenvalue weighted by Crippen LogP contribution is 2.29. The van der Waals surface area contributed by atoms with Gasteiger partial charge in [-0.25, -0.2) is 4.39 Å². The fraction of sp³-hybridized carbons (Fsp3) is 0.0500. The van der Waals surface area contributed by atoms with E-state index in [2.05, 4.69) is 5.32 Å². The monoisotopic (exact) mass is 348 g/mol. The van der Waals surface area contributed by atoms with Gasteiger partial charge in [0.15, 0.2) is 0 Å². The Kier molecular flexibility index (Phi) is 3.73. The van der Waals surface area contributed by atoms with Crippen LogP contribution in [-0.4, -0.2) is 29.2 Å². The van der Waals surface area contributed by atoms with Gasteiger partial charge in [-0.05, 0) is 29.7 Å². The molecule has 1 heterocycles. The minimum absolute atomic E-state index is 0.00286. The summed E-state index contributed by atoms with van der Waals surface area (Å²) in [7, 11) is 0. The van der Waals surface area contributed by atoms with E-state index in [0.29, 0.717) is 16.5 Å². The molecule has 0 aromatic heterocycles. The van der Waals surface area contributed by atoms with Gasteiger partial charge in [0.1, 0.15) is 12.4 Å². The van der Waals surface area contributed by atoms with Gasteiger partial charge in [-0.15, -0.1) is 0 Å². The van der Waals surface area contributed by atoms with Crippen molar-refractivity contribution in [3.05, 3.63) is 77.6 Å². The molecule has 0 saturated carbocycles. The number of halogens is 1. The summed E-state index contributed by atoms with van der Waals surface area (Å²) < 4.78 is 13.7. The van der Waals surface area contributed by atoms with Crippen molar-refractivity contribution in [1.82, 2.24) is 4.90 Å². The zero-order valence-corrected chi connectivity index (χ0v) is 13.5. The highest BCUT2D eigenvalue weighted by Gasteiger charge is 2.33. The maximum absolute atomic E-state index is 13.7. The lowest BCUT2D eigenvalue weighted by Gasteiger charge is -2.26. The Bertz CT molecular complexity index is 1030. The van der Waals surface area contributed by atoms with Gasteiger partial charge in [0, 0.05) is 16.5 Å². The maximum Gasteiger partial charge on any atom is 0.261 e. The van der Waals surface area contributed by atoms with Crippen LogP contribution in [-0.2, 0) is 4.79 Å². The molecule has 0 fully saturated rings. The number of hydrogen-bond donors (Lipinski definition) is 1. The number of carbonyl (C=O) groups is 3. The summed E-state index contributed by atoms with van der Waals surface area (Å²) in [5.41, 5.74) is 0.740. The molecule has 3 aromatic carbocycles. The van der Waals surface area contributed by atoms with Crippen LogP contribution in [0.1, 0.15) is 20.7 Å². The van der Waals surface area contributed by atoms with Crippen molar-refractivity contribution < 1.29 is 18.8 Å². The summed E-state index contributed by atoms with van der Waals surface area (Å²) in [6.07, 6.45) is 0. The van der Waals surface area contributed by atoms with E-state index in [0.717, 1.165) is 10.3 Å². The average Bonchev–Trinajstić information content (AvgIpc) is 2.65.